The summed E-state index contributed by atoms with van der Waals surface area (Å²) in [5.74, 6) is -0.262. The Morgan fingerprint density at radius 3 is 2.80 bits per heavy atom. The van der Waals surface area contributed by atoms with Crippen LogP contribution < -0.4 is 4.74 Å². The second-order valence-electron chi connectivity index (χ2n) is 3.91. The van der Waals surface area contributed by atoms with Gasteiger partial charge in [0, 0.05) is 19.2 Å². The van der Waals surface area contributed by atoms with Crippen molar-refractivity contribution >= 4 is 11.6 Å². The quantitative estimate of drug-likeness (QED) is 0.460. The molecule has 7 nitrogen and oxygen atoms in total. The zero-order valence-corrected chi connectivity index (χ0v) is 11.1. The SMILES string of the molecule is C=CCN(CCO)C(=O)c1ccc([N+](=O)[O-])cc1OC. The van der Waals surface area contributed by atoms with E-state index in [0.29, 0.717) is 0 Å². The van der Waals surface area contributed by atoms with Gasteiger partial charge in [-0.3, -0.25) is 14.9 Å². The normalized spacial score (nSPS) is 9.90. The summed E-state index contributed by atoms with van der Waals surface area (Å²) in [6.07, 6.45) is 1.53. The van der Waals surface area contributed by atoms with Gasteiger partial charge in [-0.2, -0.15) is 0 Å². The predicted octanol–water partition coefficient (Wildman–Crippen LogP) is 1.22. The van der Waals surface area contributed by atoms with Crippen LogP contribution in [0, 0.1) is 10.1 Å². The fourth-order valence-corrected chi connectivity index (χ4v) is 1.69. The first kappa shape index (κ1) is 15.6. The van der Waals surface area contributed by atoms with Crippen LogP contribution in [0.25, 0.3) is 0 Å². The van der Waals surface area contributed by atoms with Gasteiger partial charge in [-0.25, -0.2) is 0 Å². The first-order valence-electron chi connectivity index (χ1n) is 5.88. The minimum atomic E-state index is -0.563. The summed E-state index contributed by atoms with van der Waals surface area (Å²) in [6.45, 7) is 3.76. The fourth-order valence-electron chi connectivity index (χ4n) is 1.69. The van der Waals surface area contributed by atoms with Gasteiger partial charge in [0.25, 0.3) is 11.6 Å². The van der Waals surface area contributed by atoms with Gasteiger partial charge in [0.1, 0.15) is 5.75 Å². The molecule has 0 radical (unpaired) electrons. The van der Waals surface area contributed by atoms with E-state index in [0.717, 1.165) is 0 Å². The highest BCUT2D eigenvalue weighted by Gasteiger charge is 2.20. The van der Waals surface area contributed by atoms with E-state index < -0.39 is 4.92 Å². The number of rotatable bonds is 7. The van der Waals surface area contributed by atoms with Crippen LogP contribution >= 0.6 is 0 Å². The van der Waals surface area contributed by atoms with Crippen molar-refractivity contribution in [3.8, 4) is 5.75 Å². The van der Waals surface area contributed by atoms with Gasteiger partial charge in [-0.1, -0.05) is 6.08 Å². The molecule has 1 N–H and O–H groups in total. The number of ether oxygens (including phenoxy) is 1. The van der Waals surface area contributed by atoms with Crippen molar-refractivity contribution in [1.29, 1.82) is 0 Å². The molecule has 0 saturated carbocycles. The monoisotopic (exact) mass is 280 g/mol. The van der Waals surface area contributed by atoms with E-state index in [-0.39, 0.29) is 42.6 Å². The Hall–Kier alpha value is -2.41. The van der Waals surface area contributed by atoms with E-state index in [1.807, 2.05) is 0 Å². The zero-order valence-electron chi connectivity index (χ0n) is 11.1. The summed E-state index contributed by atoms with van der Waals surface area (Å²) in [6, 6.07) is 3.77. The van der Waals surface area contributed by atoms with Crippen molar-refractivity contribution in [3.05, 3.63) is 46.5 Å². The molecule has 108 valence electrons. The van der Waals surface area contributed by atoms with Crippen LogP contribution in [0.4, 0.5) is 5.69 Å². The second kappa shape index (κ2) is 7.25. The number of amides is 1. The van der Waals surface area contributed by atoms with Crippen molar-refractivity contribution in [2.75, 3.05) is 26.8 Å². The lowest BCUT2D eigenvalue weighted by Gasteiger charge is -2.21. The number of hydrogen-bond donors (Lipinski definition) is 1. The lowest BCUT2D eigenvalue weighted by Crippen LogP contribution is -2.33. The molecule has 1 amide bonds. The molecule has 0 aromatic heterocycles. The van der Waals surface area contributed by atoms with Crippen molar-refractivity contribution in [2.24, 2.45) is 0 Å². The minimum Gasteiger partial charge on any atom is -0.496 e. The highest BCUT2D eigenvalue weighted by atomic mass is 16.6. The molecular formula is C13H16N2O5. The average molecular weight is 280 g/mol. The van der Waals surface area contributed by atoms with Gasteiger partial charge in [-0.15, -0.1) is 6.58 Å². The molecule has 1 aromatic rings. The Labute approximate surface area is 116 Å². The predicted molar refractivity (Wildman–Crippen MR) is 72.8 cm³/mol. The van der Waals surface area contributed by atoms with Gasteiger partial charge in [0.2, 0.25) is 0 Å². The number of non-ortho nitro benzene ring substituents is 1. The zero-order chi connectivity index (χ0) is 15.1. The molecule has 7 heteroatoms. The maximum absolute atomic E-state index is 12.3. The van der Waals surface area contributed by atoms with E-state index in [1.54, 1.807) is 0 Å². The molecule has 0 fully saturated rings. The molecular weight excluding hydrogens is 264 g/mol. The number of nitrogens with zero attached hydrogens (tertiary/aromatic N) is 2. The van der Waals surface area contributed by atoms with Gasteiger partial charge in [-0.05, 0) is 6.07 Å². The topological polar surface area (TPSA) is 92.9 Å². The van der Waals surface area contributed by atoms with E-state index >= 15 is 0 Å². The van der Waals surface area contributed by atoms with E-state index in [4.69, 9.17) is 9.84 Å². The number of aliphatic hydroxyl groups is 1. The Morgan fingerprint density at radius 2 is 2.30 bits per heavy atom. The summed E-state index contributed by atoms with van der Waals surface area (Å²) < 4.78 is 5.02. The number of methoxy groups -OCH3 is 1. The third kappa shape index (κ3) is 3.55. The first-order chi connectivity index (χ1) is 9.54. The van der Waals surface area contributed by atoms with Gasteiger partial charge in [0.05, 0.1) is 30.3 Å². The molecule has 0 spiro atoms. The van der Waals surface area contributed by atoms with Crippen molar-refractivity contribution in [3.63, 3.8) is 0 Å². The summed E-state index contributed by atoms with van der Waals surface area (Å²) in [7, 11) is 1.33. The lowest BCUT2D eigenvalue weighted by atomic mass is 10.1. The van der Waals surface area contributed by atoms with Crippen LogP contribution in [0.5, 0.6) is 5.75 Å². The molecule has 0 aliphatic rings. The fraction of sp³-hybridized carbons (Fsp3) is 0.308. The van der Waals surface area contributed by atoms with Crippen molar-refractivity contribution in [2.45, 2.75) is 0 Å². The highest BCUT2D eigenvalue weighted by molar-refractivity contribution is 5.97. The number of nitro groups is 1. The maximum atomic E-state index is 12.3. The second-order valence-corrected chi connectivity index (χ2v) is 3.91. The summed E-state index contributed by atoms with van der Waals surface area (Å²) in [5.41, 5.74) is 0.0456. The Kier molecular flexibility index (Phi) is 5.67. The molecule has 1 rings (SSSR count). The average Bonchev–Trinajstić information content (AvgIpc) is 2.45. The van der Waals surface area contributed by atoms with Crippen molar-refractivity contribution in [1.82, 2.24) is 4.90 Å². The Morgan fingerprint density at radius 1 is 1.60 bits per heavy atom. The van der Waals surface area contributed by atoms with Gasteiger partial charge >= 0.3 is 0 Å². The number of aliphatic hydroxyl groups excluding tert-OH is 1. The smallest absolute Gasteiger partial charge is 0.273 e. The molecule has 0 bridgehead atoms. The number of nitro benzene ring substituents is 1. The number of carbonyl (C=O) groups excluding carboxylic acids is 1. The van der Waals surface area contributed by atoms with Crippen LogP contribution in [0.15, 0.2) is 30.9 Å². The van der Waals surface area contributed by atoms with Crippen molar-refractivity contribution < 1.29 is 19.6 Å². The van der Waals surface area contributed by atoms with Crippen LogP contribution in [0.3, 0.4) is 0 Å². The molecule has 1 aromatic carbocycles. The Balaban J connectivity index is 3.13. The summed E-state index contributed by atoms with van der Waals surface area (Å²) in [4.78, 5) is 23.8. The van der Waals surface area contributed by atoms with Crippen LogP contribution in [-0.4, -0.2) is 47.6 Å². The van der Waals surface area contributed by atoms with Gasteiger partial charge in [0.15, 0.2) is 0 Å². The summed E-state index contributed by atoms with van der Waals surface area (Å²) >= 11 is 0. The van der Waals surface area contributed by atoms with E-state index in [9.17, 15) is 14.9 Å². The molecule has 0 unspecified atom stereocenters. The van der Waals surface area contributed by atoms with Crippen LogP contribution in [0.2, 0.25) is 0 Å². The van der Waals surface area contributed by atoms with E-state index in [2.05, 4.69) is 6.58 Å². The molecule has 20 heavy (non-hydrogen) atoms. The largest absolute Gasteiger partial charge is 0.496 e. The lowest BCUT2D eigenvalue weighted by molar-refractivity contribution is -0.384. The minimum absolute atomic E-state index is 0.121. The molecule has 0 heterocycles. The molecule has 0 aliphatic heterocycles. The van der Waals surface area contributed by atoms with Crippen LogP contribution in [0.1, 0.15) is 10.4 Å². The molecule has 0 aliphatic carbocycles. The maximum Gasteiger partial charge on any atom is 0.273 e. The first-order valence-corrected chi connectivity index (χ1v) is 5.88. The molecule has 0 atom stereocenters. The Bertz CT molecular complexity index is 515. The summed E-state index contributed by atoms with van der Waals surface area (Å²) in [5, 5.41) is 19.7. The number of hydrogen-bond acceptors (Lipinski definition) is 5. The third-order valence-corrected chi connectivity index (χ3v) is 2.63. The highest BCUT2D eigenvalue weighted by Crippen LogP contribution is 2.25. The number of carbonyl (C=O) groups is 1. The standard InChI is InChI=1S/C13H16N2O5/c1-3-6-14(7-8-16)13(17)11-5-4-10(15(18)19)9-12(11)20-2/h3-5,9,16H,1,6-8H2,2H3. The van der Waals surface area contributed by atoms with E-state index in [1.165, 1.54) is 36.3 Å². The van der Waals surface area contributed by atoms with Gasteiger partial charge < -0.3 is 14.7 Å². The third-order valence-electron chi connectivity index (χ3n) is 2.63. The van der Waals surface area contributed by atoms with Crippen LogP contribution in [-0.2, 0) is 0 Å². The molecule has 0 saturated heterocycles. The number of benzene rings is 1.